The van der Waals surface area contributed by atoms with Gasteiger partial charge in [0.25, 0.3) is 0 Å². The molecule has 0 radical (unpaired) electrons. The highest BCUT2D eigenvalue weighted by Gasteiger charge is 2.34. The first-order valence-corrected chi connectivity index (χ1v) is 6.99. The minimum atomic E-state index is -4.64. The second-order valence-corrected chi connectivity index (χ2v) is 5.29. The Labute approximate surface area is 136 Å². The quantitative estimate of drug-likeness (QED) is 0.901. The molecule has 2 heterocycles. The van der Waals surface area contributed by atoms with E-state index < -0.39 is 23.8 Å². The van der Waals surface area contributed by atoms with Crippen LogP contribution in [0.15, 0.2) is 30.6 Å². The maximum Gasteiger partial charge on any atom is 0.433 e. The summed E-state index contributed by atoms with van der Waals surface area (Å²) in [5.74, 6) is -1.90. The van der Waals surface area contributed by atoms with Crippen LogP contribution >= 0.6 is 0 Å². The Morgan fingerprint density at radius 2 is 1.92 bits per heavy atom. The predicted molar refractivity (Wildman–Crippen MR) is 80.3 cm³/mol. The lowest BCUT2D eigenvalue weighted by Gasteiger charge is -2.22. The van der Waals surface area contributed by atoms with Crippen molar-refractivity contribution in [3.63, 3.8) is 0 Å². The topological polar surface area (TPSA) is 79.2 Å². The van der Waals surface area contributed by atoms with Gasteiger partial charge in [-0.2, -0.15) is 13.2 Å². The molecule has 1 atom stereocenters. The molecule has 0 bridgehead atoms. The number of carboxylic acid groups (broad SMARTS) is 1. The number of aromatic nitrogens is 3. The highest BCUT2D eigenvalue weighted by atomic mass is 19.4. The van der Waals surface area contributed by atoms with Crippen molar-refractivity contribution in [3.05, 3.63) is 36.3 Å². The van der Waals surface area contributed by atoms with Crippen LogP contribution in [0.2, 0.25) is 0 Å². The lowest BCUT2D eigenvalue weighted by Crippen LogP contribution is -2.29. The van der Waals surface area contributed by atoms with E-state index in [1.54, 1.807) is 0 Å². The van der Waals surface area contributed by atoms with Crippen LogP contribution in [0.3, 0.4) is 0 Å². The standard InChI is InChI=1S/C15H15F3N4O2/c1-9(14(23)24)8-22(2)12-7-11(15(16,17)18)20-13(21-12)10-3-5-19-6-4-10/h3-7,9H,8H2,1-2H3,(H,23,24). The number of carboxylic acids is 1. The molecule has 0 fully saturated rings. The fourth-order valence-corrected chi connectivity index (χ4v) is 1.99. The maximum atomic E-state index is 13.1. The van der Waals surface area contributed by atoms with E-state index in [-0.39, 0.29) is 18.2 Å². The molecule has 0 spiro atoms. The van der Waals surface area contributed by atoms with E-state index in [0.29, 0.717) is 5.56 Å². The van der Waals surface area contributed by atoms with Gasteiger partial charge in [-0.25, -0.2) is 9.97 Å². The van der Waals surface area contributed by atoms with Crippen LogP contribution in [0, 0.1) is 5.92 Å². The Hall–Kier alpha value is -2.71. The third kappa shape index (κ3) is 4.18. The number of pyridine rings is 1. The number of rotatable bonds is 5. The molecule has 0 aliphatic rings. The third-order valence-corrected chi connectivity index (χ3v) is 3.30. The Morgan fingerprint density at radius 1 is 1.29 bits per heavy atom. The number of nitrogens with zero attached hydrogens (tertiary/aromatic N) is 4. The van der Waals surface area contributed by atoms with Gasteiger partial charge >= 0.3 is 12.1 Å². The van der Waals surface area contributed by atoms with Crippen LogP contribution in [0.5, 0.6) is 0 Å². The number of carbonyl (C=O) groups is 1. The second-order valence-electron chi connectivity index (χ2n) is 5.29. The second kappa shape index (κ2) is 6.81. The lowest BCUT2D eigenvalue weighted by atomic mass is 10.2. The van der Waals surface area contributed by atoms with Crippen LogP contribution in [0.4, 0.5) is 19.0 Å². The molecular formula is C15H15F3N4O2. The van der Waals surface area contributed by atoms with E-state index >= 15 is 0 Å². The number of aliphatic carboxylic acids is 1. The van der Waals surface area contributed by atoms with Crippen molar-refractivity contribution >= 4 is 11.8 Å². The summed E-state index contributed by atoms with van der Waals surface area (Å²) < 4.78 is 39.3. The van der Waals surface area contributed by atoms with E-state index in [0.717, 1.165) is 6.07 Å². The van der Waals surface area contributed by atoms with E-state index in [9.17, 15) is 18.0 Å². The van der Waals surface area contributed by atoms with Gasteiger partial charge in [-0.1, -0.05) is 6.92 Å². The zero-order valence-corrected chi connectivity index (χ0v) is 12.9. The van der Waals surface area contributed by atoms with Gasteiger partial charge < -0.3 is 10.0 Å². The van der Waals surface area contributed by atoms with Gasteiger partial charge in [-0.3, -0.25) is 9.78 Å². The van der Waals surface area contributed by atoms with Crippen LogP contribution in [-0.4, -0.2) is 39.6 Å². The molecule has 0 amide bonds. The van der Waals surface area contributed by atoms with Crippen molar-refractivity contribution in [1.82, 2.24) is 15.0 Å². The van der Waals surface area contributed by atoms with Crippen LogP contribution < -0.4 is 4.90 Å². The summed E-state index contributed by atoms with van der Waals surface area (Å²) in [6, 6.07) is 3.80. The summed E-state index contributed by atoms with van der Waals surface area (Å²) in [6.45, 7) is 1.48. The first kappa shape index (κ1) is 17.6. The highest BCUT2D eigenvalue weighted by molar-refractivity contribution is 5.70. The first-order chi connectivity index (χ1) is 11.2. The zero-order valence-electron chi connectivity index (χ0n) is 12.9. The Bertz CT molecular complexity index is 722. The molecule has 0 saturated carbocycles. The number of anilines is 1. The molecule has 0 aliphatic heterocycles. The summed E-state index contributed by atoms with van der Waals surface area (Å²) in [5, 5.41) is 8.95. The van der Waals surface area contributed by atoms with Crippen molar-refractivity contribution < 1.29 is 23.1 Å². The van der Waals surface area contributed by atoms with Gasteiger partial charge in [0.15, 0.2) is 11.5 Å². The molecule has 0 aromatic carbocycles. The minimum absolute atomic E-state index is 0.00256. The Kier molecular flexibility index (Phi) is 5.01. The van der Waals surface area contributed by atoms with Gasteiger partial charge in [0.2, 0.25) is 0 Å². The number of hydrogen-bond donors (Lipinski definition) is 1. The van der Waals surface area contributed by atoms with Crippen LogP contribution in [-0.2, 0) is 11.0 Å². The van der Waals surface area contributed by atoms with E-state index in [1.807, 2.05) is 0 Å². The monoisotopic (exact) mass is 340 g/mol. The fraction of sp³-hybridized carbons (Fsp3) is 0.333. The van der Waals surface area contributed by atoms with Crippen LogP contribution in [0.1, 0.15) is 12.6 Å². The molecule has 2 rings (SSSR count). The molecule has 1 unspecified atom stereocenters. The molecule has 1 N–H and O–H groups in total. The zero-order chi connectivity index (χ0) is 17.9. The van der Waals surface area contributed by atoms with Crippen molar-refractivity contribution in [2.45, 2.75) is 13.1 Å². The fourth-order valence-electron chi connectivity index (χ4n) is 1.99. The van der Waals surface area contributed by atoms with Crippen molar-refractivity contribution in [1.29, 1.82) is 0 Å². The molecule has 0 aliphatic carbocycles. The number of alkyl halides is 3. The minimum Gasteiger partial charge on any atom is -0.481 e. The summed E-state index contributed by atoms with van der Waals surface area (Å²) in [4.78, 5) is 23.8. The smallest absolute Gasteiger partial charge is 0.433 e. The van der Waals surface area contributed by atoms with E-state index in [4.69, 9.17) is 5.11 Å². The summed E-state index contributed by atoms with van der Waals surface area (Å²) in [6.07, 6.45) is -1.79. The average Bonchev–Trinajstić information content (AvgIpc) is 2.54. The van der Waals surface area contributed by atoms with Gasteiger partial charge in [0, 0.05) is 37.6 Å². The molecule has 128 valence electrons. The van der Waals surface area contributed by atoms with Gasteiger partial charge in [-0.05, 0) is 12.1 Å². The van der Waals surface area contributed by atoms with Crippen molar-refractivity contribution in [2.75, 3.05) is 18.5 Å². The molecule has 2 aromatic heterocycles. The maximum absolute atomic E-state index is 13.1. The number of hydrogen-bond acceptors (Lipinski definition) is 5. The molecule has 9 heteroatoms. The van der Waals surface area contributed by atoms with Crippen molar-refractivity contribution in [3.8, 4) is 11.4 Å². The number of halogens is 3. The normalized spacial score (nSPS) is 12.7. The molecular weight excluding hydrogens is 325 g/mol. The molecule has 2 aromatic rings. The SMILES string of the molecule is CC(CN(C)c1cc(C(F)(F)F)nc(-c2ccncc2)n1)C(=O)O. The lowest BCUT2D eigenvalue weighted by molar-refractivity contribution is -0.142. The molecule has 0 saturated heterocycles. The van der Waals surface area contributed by atoms with E-state index in [1.165, 1.54) is 43.4 Å². The first-order valence-electron chi connectivity index (χ1n) is 6.99. The van der Waals surface area contributed by atoms with Gasteiger partial charge in [0.1, 0.15) is 5.82 Å². The average molecular weight is 340 g/mol. The summed E-state index contributed by atoms with van der Waals surface area (Å²) in [5.41, 5.74) is -0.703. The Morgan fingerprint density at radius 3 is 2.46 bits per heavy atom. The van der Waals surface area contributed by atoms with Gasteiger partial charge in [0.05, 0.1) is 5.92 Å². The van der Waals surface area contributed by atoms with E-state index in [2.05, 4.69) is 15.0 Å². The summed E-state index contributed by atoms with van der Waals surface area (Å²) in [7, 11) is 1.48. The third-order valence-electron chi connectivity index (χ3n) is 3.30. The predicted octanol–water partition coefficient (Wildman–Crippen LogP) is 2.71. The largest absolute Gasteiger partial charge is 0.481 e. The van der Waals surface area contributed by atoms with Crippen molar-refractivity contribution in [2.24, 2.45) is 5.92 Å². The van der Waals surface area contributed by atoms with Gasteiger partial charge in [-0.15, -0.1) is 0 Å². The Balaban J connectivity index is 2.46. The molecule has 24 heavy (non-hydrogen) atoms. The molecule has 6 nitrogen and oxygen atoms in total. The highest BCUT2D eigenvalue weighted by Crippen LogP contribution is 2.31. The summed E-state index contributed by atoms with van der Waals surface area (Å²) >= 11 is 0. The van der Waals surface area contributed by atoms with Crippen LogP contribution in [0.25, 0.3) is 11.4 Å².